The lowest BCUT2D eigenvalue weighted by Crippen LogP contribution is -2.13. The molecule has 4 rings (SSSR count). The van der Waals surface area contributed by atoms with Gasteiger partial charge < -0.3 is 9.47 Å². The lowest BCUT2D eigenvalue weighted by atomic mass is 10.1. The van der Waals surface area contributed by atoms with Crippen molar-refractivity contribution < 1.29 is 17.9 Å². The predicted octanol–water partition coefficient (Wildman–Crippen LogP) is 4.08. The number of nitrogens with one attached hydrogen (secondary N) is 1. The van der Waals surface area contributed by atoms with Crippen molar-refractivity contribution in [3.05, 3.63) is 52.9 Å². The molecule has 1 aliphatic heterocycles. The Kier molecular flexibility index (Phi) is 4.75. The number of hydrogen-bond donors (Lipinski definition) is 1. The van der Waals surface area contributed by atoms with Gasteiger partial charge in [-0.15, -0.1) is 11.3 Å². The van der Waals surface area contributed by atoms with Crippen molar-refractivity contribution in [2.75, 3.05) is 17.9 Å². The minimum absolute atomic E-state index is 0.131. The summed E-state index contributed by atoms with van der Waals surface area (Å²) in [6, 6.07) is 11.8. The van der Waals surface area contributed by atoms with Crippen LogP contribution in [-0.4, -0.2) is 26.6 Å². The van der Waals surface area contributed by atoms with Gasteiger partial charge in [0, 0.05) is 29.1 Å². The molecule has 0 unspecified atom stereocenters. The summed E-state index contributed by atoms with van der Waals surface area (Å²) in [5, 5.41) is 2.97. The Morgan fingerprint density at radius 1 is 1.04 bits per heavy atom. The van der Waals surface area contributed by atoms with Crippen LogP contribution in [-0.2, 0) is 10.0 Å². The van der Waals surface area contributed by atoms with Crippen molar-refractivity contribution in [1.29, 1.82) is 0 Å². The molecule has 27 heavy (non-hydrogen) atoms. The van der Waals surface area contributed by atoms with Crippen molar-refractivity contribution in [1.82, 2.24) is 4.98 Å². The minimum atomic E-state index is -3.73. The highest BCUT2D eigenvalue weighted by Crippen LogP contribution is 2.32. The fourth-order valence-electron chi connectivity index (χ4n) is 2.73. The quantitative estimate of drug-likeness (QED) is 0.711. The maximum Gasteiger partial charge on any atom is 0.262 e. The van der Waals surface area contributed by atoms with Gasteiger partial charge in [0.25, 0.3) is 10.0 Å². The topological polar surface area (TPSA) is 77.5 Å². The number of nitrogens with zero attached hydrogens (tertiary/aromatic N) is 1. The van der Waals surface area contributed by atoms with Crippen LogP contribution in [0.4, 0.5) is 5.69 Å². The van der Waals surface area contributed by atoms with E-state index >= 15 is 0 Å². The van der Waals surface area contributed by atoms with Crippen LogP contribution in [0.5, 0.6) is 11.5 Å². The summed E-state index contributed by atoms with van der Waals surface area (Å²) in [5.74, 6) is 1.01. The first-order valence-electron chi connectivity index (χ1n) is 8.46. The Labute approximate surface area is 161 Å². The van der Waals surface area contributed by atoms with Crippen molar-refractivity contribution in [2.45, 2.75) is 18.2 Å². The Balaban J connectivity index is 1.55. The average Bonchev–Trinajstić information content (AvgIpc) is 2.95. The summed E-state index contributed by atoms with van der Waals surface area (Å²) in [5.41, 5.74) is 2.31. The standard InChI is InChI=1S/C19H18N2O4S2/c1-13-20-17(12-26-13)14-3-5-15(6-4-14)21-27(22,23)16-7-8-18-19(11-16)25-10-2-9-24-18/h3-8,11-12,21H,2,9-10H2,1H3. The fourth-order valence-corrected chi connectivity index (χ4v) is 4.43. The van der Waals surface area contributed by atoms with E-state index < -0.39 is 10.0 Å². The molecule has 140 valence electrons. The smallest absolute Gasteiger partial charge is 0.262 e. The molecule has 0 amide bonds. The van der Waals surface area contributed by atoms with E-state index in [4.69, 9.17) is 9.47 Å². The number of sulfonamides is 1. The Hall–Kier alpha value is -2.58. The van der Waals surface area contributed by atoms with E-state index in [-0.39, 0.29) is 4.90 Å². The van der Waals surface area contributed by atoms with E-state index in [1.54, 1.807) is 29.5 Å². The zero-order valence-electron chi connectivity index (χ0n) is 14.6. The van der Waals surface area contributed by atoms with Crippen LogP contribution in [0.25, 0.3) is 11.3 Å². The highest BCUT2D eigenvalue weighted by molar-refractivity contribution is 7.92. The van der Waals surface area contributed by atoms with Crippen molar-refractivity contribution in [2.24, 2.45) is 0 Å². The highest BCUT2D eigenvalue weighted by Gasteiger charge is 2.19. The maximum atomic E-state index is 12.7. The van der Waals surface area contributed by atoms with Crippen LogP contribution >= 0.6 is 11.3 Å². The van der Waals surface area contributed by atoms with Crippen LogP contribution < -0.4 is 14.2 Å². The van der Waals surface area contributed by atoms with E-state index in [1.165, 1.54) is 12.1 Å². The van der Waals surface area contributed by atoms with E-state index in [0.717, 1.165) is 22.7 Å². The first-order chi connectivity index (χ1) is 13.0. The van der Waals surface area contributed by atoms with Gasteiger partial charge in [0.2, 0.25) is 0 Å². The summed E-state index contributed by atoms with van der Waals surface area (Å²) < 4.78 is 39.1. The number of fused-ring (bicyclic) bond motifs is 1. The van der Waals surface area contributed by atoms with Crippen molar-refractivity contribution >= 4 is 27.0 Å². The molecule has 1 aliphatic rings. The van der Waals surface area contributed by atoms with Crippen LogP contribution in [0.1, 0.15) is 11.4 Å². The highest BCUT2D eigenvalue weighted by atomic mass is 32.2. The first-order valence-corrected chi connectivity index (χ1v) is 10.8. The Morgan fingerprint density at radius 2 is 1.78 bits per heavy atom. The molecule has 0 aliphatic carbocycles. The molecular formula is C19H18N2O4S2. The minimum Gasteiger partial charge on any atom is -0.490 e. The van der Waals surface area contributed by atoms with Gasteiger partial charge in [-0.3, -0.25) is 4.72 Å². The Bertz CT molecular complexity index is 1060. The molecule has 0 radical (unpaired) electrons. The second-order valence-electron chi connectivity index (χ2n) is 6.09. The molecule has 1 aromatic heterocycles. The molecule has 0 atom stereocenters. The molecule has 0 spiro atoms. The van der Waals surface area contributed by atoms with E-state index in [2.05, 4.69) is 9.71 Å². The lowest BCUT2D eigenvalue weighted by Gasteiger charge is -2.11. The molecule has 0 saturated heterocycles. The van der Waals surface area contributed by atoms with Gasteiger partial charge in [0.1, 0.15) is 0 Å². The lowest BCUT2D eigenvalue weighted by molar-refractivity contribution is 0.297. The van der Waals surface area contributed by atoms with Crippen molar-refractivity contribution in [3.63, 3.8) is 0 Å². The monoisotopic (exact) mass is 402 g/mol. The molecule has 0 bridgehead atoms. The van der Waals surface area contributed by atoms with E-state index in [0.29, 0.717) is 30.4 Å². The third kappa shape index (κ3) is 3.91. The van der Waals surface area contributed by atoms with Gasteiger partial charge in [-0.2, -0.15) is 0 Å². The van der Waals surface area contributed by atoms with Crippen LogP contribution in [0.15, 0.2) is 52.7 Å². The number of ether oxygens (including phenoxy) is 2. The number of rotatable bonds is 4. The molecule has 0 fully saturated rings. The van der Waals surface area contributed by atoms with Gasteiger partial charge in [-0.1, -0.05) is 12.1 Å². The summed E-state index contributed by atoms with van der Waals surface area (Å²) >= 11 is 1.58. The number of aryl methyl sites for hydroxylation is 1. The van der Waals surface area contributed by atoms with Gasteiger partial charge in [0.15, 0.2) is 11.5 Å². The van der Waals surface area contributed by atoms with Crippen LogP contribution in [0, 0.1) is 6.92 Å². The zero-order chi connectivity index (χ0) is 18.9. The fraction of sp³-hybridized carbons (Fsp3) is 0.211. The normalized spacial score (nSPS) is 13.8. The van der Waals surface area contributed by atoms with Gasteiger partial charge >= 0.3 is 0 Å². The Morgan fingerprint density at radius 3 is 2.48 bits per heavy atom. The largest absolute Gasteiger partial charge is 0.490 e. The van der Waals surface area contributed by atoms with Crippen LogP contribution in [0.2, 0.25) is 0 Å². The predicted molar refractivity (Wildman–Crippen MR) is 105 cm³/mol. The third-order valence-electron chi connectivity index (χ3n) is 4.08. The zero-order valence-corrected chi connectivity index (χ0v) is 16.3. The second-order valence-corrected chi connectivity index (χ2v) is 8.84. The summed E-state index contributed by atoms with van der Waals surface area (Å²) in [6.45, 7) is 3.01. The second kappa shape index (κ2) is 7.21. The number of benzene rings is 2. The number of anilines is 1. The average molecular weight is 402 g/mol. The molecule has 3 aromatic rings. The maximum absolute atomic E-state index is 12.7. The first kappa shape index (κ1) is 17.8. The molecule has 0 saturated carbocycles. The molecule has 2 heterocycles. The summed E-state index contributed by atoms with van der Waals surface area (Å²) in [7, 11) is -3.73. The number of hydrogen-bond acceptors (Lipinski definition) is 6. The molecule has 1 N–H and O–H groups in total. The number of aromatic nitrogens is 1. The SMILES string of the molecule is Cc1nc(-c2ccc(NS(=O)(=O)c3ccc4c(c3)OCCCO4)cc2)cs1. The van der Waals surface area contributed by atoms with Gasteiger partial charge in [0.05, 0.1) is 28.8 Å². The van der Waals surface area contributed by atoms with Crippen molar-refractivity contribution in [3.8, 4) is 22.8 Å². The molecule has 6 nitrogen and oxygen atoms in total. The van der Waals surface area contributed by atoms with Gasteiger partial charge in [-0.25, -0.2) is 13.4 Å². The van der Waals surface area contributed by atoms with E-state index in [9.17, 15) is 8.42 Å². The molecular weight excluding hydrogens is 384 g/mol. The van der Waals surface area contributed by atoms with E-state index in [1.807, 2.05) is 24.4 Å². The number of thiazole rings is 1. The molecule has 8 heteroatoms. The van der Waals surface area contributed by atoms with Crippen LogP contribution in [0.3, 0.4) is 0 Å². The summed E-state index contributed by atoms with van der Waals surface area (Å²) in [6.07, 6.45) is 0.764. The summed E-state index contributed by atoms with van der Waals surface area (Å²) in [4.78, 5) is 4.57. The third-order valence-corrected chi connectivity index (χ3v) is 6.23. The molecule has 2 aromatic carbocycles. The van der Waals surface area contributed by atoms with Gasteiger partial charge in [-0.05, 0) is 31.2 Å².